The standard InChI is InChI=1S/C14H31N3O3S/c1-4-7-14(12-20-3)16-21(18,19)17-9-6-8-13(11-17)10-15-5-2/h13-16H,4-12H2,1-3H3. The Morgan fingerprint density at radius 1 is 1.38 bits per heavy atom. The molecule has 1 aliphatic heterocycles. The molecule has 2 N–H and O–H groups in total. The molecule has 1 fully saturated rings. The van der Waals surface area contributed by atoms with Crippen LogP contribution in [0, 0.1) is 5.92 Å². The first kappa shape index (κ1) is 18.8. The van der Waals surface area contributed by atoms with Gasteiger partial charge in [-0.25, -0.2) is 0 Å². The zero-order valence-corrected chi connectivity index (χ0v) is 14.4. The lowest BCUT2D eigenvalue weighted by Gasteiger charge is -2.33. The van der Waals surface area contributed by atoms with Crippen LogP contribution in [0.5, 0.6) is 0 Å². The molecule has 0 aliphatic carbocycles. The van der Waals surface area contributed by atoms with Crippen LogP contribution < -0.4 is 10.0 Å². The van der Waals surface area contributed by atoms with Crippen molar-refractivity contribution in [2.45, 2.75) is 45.6 Å². The highest BCUT2D eigenvalue weighted by molar-refractivity contribution is 7.87. The van der Waals surface area contributed by atoms with Crippen LogP contribution in [0.4, 0.5) is 0 Å². The van der Waals surface area contributed by atoms with E-state index in [0.717, 1.165) is 38.8 Å². The van der Waals surface area contributed by atoms with Crippen molar-refractivity contribution in [1.82, 2.24) is 14.3 Å². The minimum atomic E-state index is -3.41. The van der Waals surface area contributed by atoms with E-state index in [2.05, 4.69) is 17.0 Å². The van der Waals surface area contributed by atoms with Crippen LogP contribution in [0.15, 0.2) is 0 Å². The Bertz CT molecular complexity index is 370. The molecule has 2 atom stereocenters. The Morgan fingerprint density at radius 3 is 2.76 bits per heavy atom. The Morgan fingerprint density at radius 2 is 2.14 bits per heavy atom. The zero-order valence-electron chi connectivity index (χ0n) is 13.6. The monoisotopic (exact) mass is 321 g/mol. The van der Waals surface area contributed by atoms with E-state index in [1.54, 1.807) is 11.4 Å². The topological polar surface area (TPSA) is 70.7 Å². The molecule has 0 aromatic carbocycles. The van der Waals surface area contributed by atoms with Gasteiger partial charge in [-0.3, -0.25) is 0 Å². The van der Waals surface area contributed by atoms with Gasteiger partial charge in [0.15, 0.2) is 0 Å². The summed E-state index contributed by atoms with van der Waals surface area (Å²) in [6, 6.07) is -0.140. The highest BCUT2D eigenvalue weighted by Crippen LogP contribution is 2.18. The second kappa shape index (κ2) is 9.74. The van der Waals surface area contributed by atoms with Gasteiger partial charge in [-0.1, -0.05) is 20.3 Å². The van der Waals surface area contributed by atoms with Gasteiger partial charge in [0, 0.05) is 26.2 Å². The molecule has 0 spiro atoms. The minimum Gasteiger partial charge on any atom is -0.383 e. The van der Waals surface area contributed by atoms with Crippen molar-refractivity contribution in [3.8, 4) is 0 Å². The number of methoxy groups -OCH3 is 1. The van der Waals surface area contributed by atoms with E-state index in [1.807, 2.05) is 6.92 Å². The molecule has 1 saturated heterocycles. The highest BCUT2D eigenvalue weighted by Gasteiger charge is 2.30. The maximum Gasteiger partial charge on any atom is 0.279 e. The van der Waals surface area contributed by atoms with Crippen LogP contribution in [-0.4, -0.2) is 58.7 Å². The van der Waals surface area contributed by atoms with Gasteiger partial charge in [-0.2, -0.15) is 17.4 Å². The summed E-state index contributed by atoms with van der Waals surface area (Å²) in [4.78, 5) is 0. The fourth-order valence-corrected chi connectivity index (χ4v) is 4.30. The van der Waals surface area contributed by atoms with Crippen LogP contribution in [0.3, 0.4) is 0 Å². The SMILES string of the molecule is CCCC(COC)NS(=O)(=O)N1CCCC(CNCC)C1. The highest BCUT2D eigenvalue weighted by atomic mass is 32.2. The fourth-order valence-electron chi connectivity index (χ4n) is 2.77. The van der Waals surface area contributed by atoms with Crippen LogP contribution in [0.2, 0.25) is 0 Å². The second-order valence-electron chi connectivity index (χ2n) is 5.74. The molecule has 1 aliphatic rings. The quantitative estimate of drug-likeness (QED) is 0.629. The maximum atomic E-state index is 12.5. The Hall–Kier alpha value is -0.210. The first-order valence-electron chi connectivity index (χ1n) is 8.00. The predicted octanol–water partition coefficient (Wildman–Crippen LogP) is 0.957. The van der Waals surface area contributed by atoms with Gasteiger partial charge >= 0.3 is 0 Å². The molecule has 21 heavy (non-hydrogen) atoms. The first-order chi connectivity index (χ1) is 10.0. The van der Waals surface area contributed by atoms with Crippen molar-refractivity contribution in [3.05, 3.63) is 0 Å². The van der Waals surface area contributed by atoms with Crippen molar-refractivity contribution >= 4 is 10.2 Å². The number of nitrogens with one attached hydrogen (secondary N) is 2. The largest absolute Gasteiger partial charge is 0.383 e. The van der Waals surface area contributed by atoms with E-state index in [4.69, 9.17) is 4.74 Å². The number of ether oxygens (including phenoxy) is 1. The molecule has 0 aromatic heterocycles. The summed E-state index contributed by atoms with van der Waals surface area (Å²) in [7, 11) is -1.81. The normalized spacial score (nSPS) is 22.3. The zero-order chi connectivity index (χ0) is 15.7. The lowest BCUT2D eigenvalue weighted by atomic mass is 10.00. The number of piperidine rings is 1. The lowest BCUT2D eigenvalue weighted by Crippen LogP contribution is -2.51. The van der Waals surface area contributed by atoms with Gasteiger partial charge in [0.05, 0.1) is 6.61 Å². The summed E-state index contributed by atoms with van der Waals surface area (Å²) in [6.45, 7) is 7.57. The summed E-state index contributed by atoms with van der Waals surface area (Å²) >= 11 is 0. The van der Waals surface area contributed by atoms with E-state index >= 15 is 0 Å². The summed E-state index contributed by atoms with van der Waals surface area (Å²) in [5, 5.41) is 3.31. The minimum absolute atomic E-state index is 0.140. The van der Waals surface area contributed by atoms with Gasteiger partial charge in [0.2, 0.25) is 0 Å². The van der Waals surface area contributed by atoms with E-state index < -0.39 is 10.2 Å². The Kier molecular flexibility index (Phi) is 8.73. The lowest BCUT2D eigenvalue weighted by molar-refractivity contribution is 0.169. The average Bonchev–Trinajstić information content (AvgIpc) is 2.45. The molecule has 0 aromatic rings. The molecule has 126 valence electrons. The van der Waals surface area contributed by atoms with Crippen LogP contribution in [-0.2, 0) is 14.9 Å². The van der Waals surface area contributed by atoms with Gasteiger partial charge in [0.1, 0.15) is 0 Å². The summed E-state index contributed by atoms with van der Waals surface area (Å²) in [5.74, 6) is 0.405. The van der Waals surface area contributed by atoms with Crippen LogP contribution in [0.1, 0.15) is 39.5 Å². The summed E-state index contributed by atoms with van der Waals surface area (Å²) in [5.41, 5.74) is 0. The number of hydrogen-bond donors (Lipinski definition) is 2. The molecule has 1 heterocycles. The maximum absolute atomic E-state index is 12.5. The summed E-state index contributed by atoms with van der Waals surface area (Å²) in [6.07, 6.45) is 3.75. The molecule has 2 unspecified atom stereocenters. The van der Waals surface area contributed by atoms with Crippen molar-refractivity contribution in [2.24, 2.45) is 5.92 Å². The molecule has 0 bridgehead atoms. The molecular weight excluding hydrogens is 290 g/mol. The molecule has 0 saturated carbocycles. The van der Waals surface area contributed by atoms with Gasteiger partial charge in [-0.15, -0.1) is 0 Å². The van der Waals surface area contributed by atoms with Gasteiger partial charge < -0.3 is 10.1 Å². The van der Waals surface area contributed by atoms with Gasteiger partial charge in [-0.05, 0) is 38.3 Å². The third-order valence-electron chi connectivity index (χ3n) is 3.83. The third-order valence-corrected chi connectivity index (χ3v) is 5.47. The van der Waals surface area contributed by atoms with E-state index in [-0.39, 0.29) is 6.04 Å². The van der Waals surface area contributed by atoms with E-state index in [1.165, 1.54) is 0 Å². The van der Waals surface area contributed by atoms with Crippen molar-refractivity contribution in [1.29, 1.82) is 0 Å². The number of nitrogens with zero attached hydrogens (tertiary/aromatic N) is 1. The molecule has 0 amide bonds. The summed E-state index contributed by atoms with van der Waals surface area (Å²) < 4.78 is 34.5. The second-order valence-corrected chi connectivity index (χ2v) is 7.44. The molecule has 7 heteroatoms. The Balaban J connectivity index is 2.58. The predicted molar refractivity (Wildman–Crippen MR) is 85.5 cm³/mol. The van der Waals surface area contributed by atoms with Gasteiger partial charge in [0.25, 0.3) is 10.2 Å². The van der Waals surface area contributed by atoms with Crippen molar-refractivity contribution in [2.75, 3.05) is 39.9 Å². The first-order valence-corrected chi connectivity index (χ1v) is 9.44. The van der Waals surface area contributed by atoms with Crippen molar-refractivity contribution in [3.63, 3.8) is 0 Å². The fraction of sp³-hybridized carbons (Fsp3) is 1.00. The van der Waals surface area contributed by atoms with E-state index in [9.17, 15) is 8.42 Å². The molecule has 0 radical (unpaired) electrons. The van der Waals surface area contributed by atoms with Crippen molar-refractivity contribution < 1.29 is 13.2 Å². The number of hydrogen-bond acceptors (Lipinski definition) is 4. The molecular formula is C14H31N3O3S. The number of rotatable bonds is 10. The molecule has 6 nitrogen and oxygen atoms in total. The average molecular weight is 321 g/mol. The molecule has 1 rings (SSSR count). The third kappa shape index (κ3) is 6.61. The van der Waals surface area contributed by atoms with Crippen LogP contribution >= 0.6 is 0 Å². The van der Waals surface area contributed by atoms with E-state index in [0.29, 0.717) is 25.6 Å². The smallest absolute Gasteiger partial charge is 0.279 e. The van der Waals surface area contributed by atoms with Crippen LogP contribution in [0.25, 0.3) is 0 Å². The Labute approximate surface area is 129 Å².